The summed E-state index contributed by atoms with van der Waals surface area (Å²) in [7, 11) is 0. The van der Waals surface area contributed by atoms with E-state index in [0.717, 1.165) is 25.8 Å². The molecule has 1 fully saturated rings. The lowest BCUT2D eigenvalue weighted by Crippen LogP contribution is -2.45. The van der Waals surface area contributed by atoms with E-state index in [1.165, 1.54) is 0 Å². The first-order chi connectivity index (χ1) is 9.85. The second-order valence-electron chi connectivity index (χ2n) is 6.76. The van der Waals surface area contributed by atoms with Crippen LogP contribution in [-0.2, 0) is 9.59 Å². The van der Waals surface area contributed by atoms with Gasteiger partial charge in [-0.05, 0) is 44.6 Å². The molecule has 0 bridgehead atoms. The molecular weight excluding hydrogens is 268 g/mol. The zero-order chi connectivity index (χ0) is 15.9. The fourth-order valence-corrected chi connectivity index (χ4v) is 2.78. The van der Waals surface area contributed by atoms with E-state index in [1.807, 2.05) is 0 Å². The van der Waals surface area contributed by atoms with Gasteiger partial charge in [0.1, 0.15) is 0 Å². The summed E-state index contributed by atoms with van der Waals surface area (Å²) < 4.78 is 0. The second kappa shape index (κ2) is 8.37. The first-order valence-electron chi connectivity index (χ1n) is 8.09. The van der Waals surface area contributed by atoms with Crippen LogP contribution in [0.15, 0.2) is 0 Å². The van der Waals surface area contributed by atoms with E-state index < -0.39 is 11.4 Å². The van der Waals surface area contributed by atoms with Gasteiger partial charge in [0.25, 0.3) is 0 Å². The van der Waals surface area contributed by atoms with E-state index >= 15 is 0 Å². The fourth-order valence-electron chi connectivity index (χ4n) is 2.78. The Morgan fingerprint density at radius 3 is 2.43 bits per heavy atom. The van der Waals surface area contributed by atoms with Gasteiger partial charge < -0.3 is 15.7 Å². The SMILES string of the molecule is CC1CCC(CNC(=O)CCCNC(C)C)(C(=O)O)CC1. The maximum absolute atomic E-state index is 11.8. The van der Waals surface area contributed by atoms with Gasteiger partial charge in [0.05, 0.1) is 5.41 Å². The van der Waals surface area contributed by atoms with E-state index in [9.17, 15) is 14.7 Å². The second-order valence-corrected chi connectivity index (χ2v) is 6.76. The molecule has 1 aliphatic rings. The molecule has 0 atom stereocenters. The minimum absolute atomic E-state index is 0.0418. The van der Waals surface area contributed by atoms with Crippen LogP contribution in [0.5, 0.6) is 0 Å². The van der Waals surface area contributed by atoms with Crippen molar-refractivity contribution in [3.8, 4) is 0 Å². The smallest absolute Gasteiger partial charge is 0.311 e. The van der Waals surface area contributed by atoms with Gasteiger partial charge in [0, 0.05) is 19.0 Å². The quantitative estimate of drug-likeness (QED) is 0.600. The predicted molar refractivity (Wildman–Crippen MR) is 83.1 cm³/mol. The highest BCUT2D eigenvalue weighted by atomic mass is 16.4. The molecule has 1 rings (SSSR count). The molecule has 0 unspecified atom stereocenters. The Hall–Kier alpha value is -1.10. The number of nitrogens with one attached hydrogen (secondary N) is 2. The molecule has 0 aromatic carbocycles. The summed E-state index contributed by atoms with van der Waals surface area (Å²) in [5.41, 5.74) is -0.752. The zero-order valence-electron chi connectivity index (χ0n) is 13.6. The van der Waals surface area contributed by atoms with Crippen molar-refractivity contribution in [1.82, 2.24) is 10.6 Å². The van der Waals surface area contributed by atoms with Crippen LogP contribution in [0.2, 0.25) is 0 Å². The number of aliphatic carboxylic acids is 1. The number of amides is 1. The summed E-state index contributed by atoms with van der Waals surface area (Å²) in [6, 6.07) is 0.424. The molecule has 1 aliphatic carbocycles. The maximum Gasteiger partial charge on any atom is 0.311 e. The highest BCUT2D eigenvalue weighted by molar-refractivity contribution is 5.79. The van der Waals surface area contributed by atoms with E-state index in [4.69, 9.17) is 0 Å². The Morgan fingerprint density at radius 1 is 1.29 bits per heavy atom. The molecule has 1 amide bonds. The molecular formula is C16H30N2O3. The maximum atomic E-state index is 11.8. The van der Waals surface area contributed by atoms with Crippen LogP contribution in [-0.4, -0.2) is 36.1 Å². The van der Waals surface area contributed by atoms with E-state index in [-0.39, 0.29) is 12.5 Å². The molecule has 0 aromatic rings. The number of carbonyl (C=O) groups excluding carboxylic acids is 1. The lowest BCUT2D eigenvalue weighted by Gasteiger charge is -2.35. The van der Waals surface area contributed by atoms with Crippen LogP contribution in [0.3, 0.4) is 0 Å². The Bertz CT molecular complexity index is 347. The van der Waals surface area contributed by atoms with E-state index in [2.05, 4.69) is 31.4 Å². The highest BCUT2D eigenvalue weighted by Gasteiger charge is 2.41. The van der Waals surface area contributed by atoms with Gasteiger partial charge in [-0.25, -0.2) is 0 Å². The Labute approximate surface area is 127 Å². The van der Waals surface area contributed by atoms with Gasteiger partial charge in [0.15, 0.2) is 0 Å². The first kappa shape index (κ1) is 18.0. The number of rotatable bonds is 8. The average molecular weight is 298 g/mol. The van der Waals surface area contributed by atoms with Crippen molar-refractivity contribution >= 4 is 11.9 Å². The molecule has 122 valence electrons. The summed E-state index contributed by atoms with van der Waals surface area (Å²) >= 11 is 0. The van der Waals surface area contributed by atoms with Gasteiger partial charge in [-0.15, -0.1) is 0 Å². The molecule has 0 spiro atoms. The lowest BCUT2D eigenvalue weighted by molar-refractivity contribution is -0.151. The molecule has 0 aliphatic heterocycles. The Kier molecular flexibility index (Phi) is 7.15. The summed E-state index contributed by atoms with van der Waals surface area (Å²) in [6.45, 7) is 7.38. The summed E-state index contributed by atoms with van der Waals surface area (Å²) in [6.07, 6.45) is 4.42. The molecule has 3 N–H and O–H groups in total. The Balaban J connectivity index is 2.33. The third-order valence-corrected chi connectivity index (χ3v) is 4.44. The molecule has 0 saturated heterocycles. The zero-order valence-corrected chi connectivity index (χ0v) is 13.6. The van der Waals surface area contributed by atoms with Crippen molar-refractivity contribution in [2.24, 2.45) is 11.3 Å². The third-order valence-electron chi connectivity index (χ3n) is 4.44. The van der Waals surface area contributed by atoms with E-state index in [0.29, 0.717) is 31.2 Å². The molecule has 0 aromatic heterocycles. The van der Waals surface area contributed by atoms with Gasteiger partial charge in [-0.2, -0.15) is 0 Å². The van der Waals surface area contributed by atoms with Crippen molar-refractivity contribution in [3.05, 3.63) is 0 Å². The van der Waals surface area contributed by atoms with E-state index in [1.54, 1.807) is 0 Å². The van der Waals surface area contributed by atoms with Crippen LogP contribution in [0.4, 0.5) is 0 Å². The summed E-state index contributed by atoms with van der Waals surface area (Å²) in [5.74, 6) is -0.216. The van der Waals surface area contributed by atoms with Gasteiger partial charge in [-0.3, -0.25) is 9.59 Å². The molecule has 0 heterocycles. The van der Waals surface area contributed by atoms with Crippen LogP contribution >= 0.6 is 0 Å². The number of hydrogen-bond donors (Lipinski definition) is 3. The molecule has 0 radical (unpaired) electrons. The minimum atomic E-state index is -0.767. The van der Waals surface area contributed by atoms with Crippen molar-refractivity contribution in [1.29, 1.82) is 0 Å². The highest BCUT2D eigenvalue weighted by Crippen LogP contribution is 2.38. The van der Waals surface area contributed by atoms with Crippen LogP contribution in [0.25, 0.3) is 0 Å². The molecule has 5 heteroatoms. The van der Waals surface area contributed by atoms with Crippen LogP contribution in [0, 0.1) is 11.3 Å². The Morgan fingerprint density at radius 2 is 1.90 bits per heavy atom. The summed E-state index contributed by atoms with van der Waals surface area (Å²) in [4.78, 5) is 23.4. The fraction of sp³-hybridized carbons (Fsp3) is 0.875. The monoisotopic (exact) mass is 298 g/mol. The third kappa shape index (κ3) is 6.04. The topological polar surface area (TPSA) is 78.4 Å². The van der Waals surface area contributed by atoms with Gasteiger partial charge in [0.2, 0.25) is 5.91 Å². The van der Waals surface area contributed by atoms with Crippen molar-refractivity contribution in [2.45, 2.75) is 65.3 Å². The van der Waals surface area contributed by atoms with Crippen LogP contribution in [0.1, 0.15) is 59.3 Å². The van der Waals surface area contributed by atoms with Crippen molar-refractivity contribution in [2.75, 3.05) is 13.1 Å². The average Bonchev–Trinajstić information content (AvgIpc) is 2.43. The van der Waals surface area contributed by atoms with Gasteiger partial charge in [-0.1, -0.05) is 20.8 Å². The number of carboxylic acid groups (broad SMARTS) is 1. The first-order valence-corrected chi connectivity index (χ1v) is 8.09. The van der Waals surface area contributed by atoms with Crippen molar-refractivity contribution in [3.63, 3.8) is 0 Å². The standard InChI is InChI=1S/C16H30N2O3/c1-12(2)17-10-4-5-14(19)18-11-16(15(20)21)8-6-13(3)7-9-16/h12-13,17H,4-11H2,1-3H3,(H,18,19)(H,20,21). The molecule has 1 saturated carbocycles. The number of carboxylic acids is 1. The van der Waals surface area contributed by atoms with Gasteiger partial charge >= 0.3 is 5.97 Å². The number of carbonyl (C=O) groups is 2. The number of hydrogen-bond acceptors (Lipinski definition) is 3. The minimum Gasteiger partial charge on any atom is -0.481 e. The largest absolute Gasteiger partial charge is 0.481 e. The van der Waals surface area contributed by atoms with Crippen molar-refractivity contribution < 1.29 is 14.7 Å². The van der Waals surface area contributed by atoms with Crippen LogP contribution < -0.4 is 10.6 Å². The lowest BCUT2D eigenvalue weighted by atomic mass is 9.71. The summed E-state index contributed by atoms with van der Waals surface area (Å²) in [5, 5.41) is 15.6. The molecule has 5 nitrogen and oxygen atoms in total. The molecule has 21 heavy (non-hydrogen) atoms. The predicted octanol–water partition coefficient (Wildman–Crippen LogP) is 2.16. The normalized spacial score (nSPS) is 25.8.